The van der Waals surface area contributed by atoms with E-state index in [4.69, 9.17) is 5.11 Å². The van der Waals surface area contributed by atoms with E-state index in [1.54, 1.807) is 13.8 Å². The lowest BCUT2D eigenvalue weighted by atomic mass is 10.1. The number of rotatable bonds is 6. The van der Waals surface area contributed by atoms with Crippen LogP contribution < -0.4 is 4.72 Å². The number of aliphatic carboxylic acids is 1. The number of hydrogen-bond donors (Lipinski definition) is 2. The molecular formula is C14H21NO4S. The normalized spacial score (nSPS) is 13.4. The molecule has 0 bridgehead atoms. The zero-order chi connectivity index (χ0) is 15.5. The first-order valence-corrected chi connectivity index (χ1v) is 7.93. The monoisotopic (exact) mass is 299 g/mol. The molecule has 0 unspecified atom stereocenters. The Kier molecular flexibility index (Phi) is 5.30. The molecule has 0 spiro atoms. The second-order valence-corrected chi connectivity index (χ2v) is 7.18. The second kappa shape index (κ2) is 6.37. The Morgan fingerprint density at radius 1 is 1.20 bits per heavy atom. The van der Waals surface area contributed by atoms with Gasteiger partial charge in [0, 0.05) is 0 Å². The van der Waals surface area contributed by atoms with Crippen molar-refractivity contribution in [1.29, 1.82) is 0 Å². The van der Waals surface area contributed by atoms with Crippen molar-refractivity contribution in [3.8, 4) is 0 Å². The quantitative estimate of drug-likeness (QED) is 0.842. The Balaban J connectivity index is 3.06. The Morgan fingerprint density at radius 2 is 1.70 bits per heavy atom. The lowest BCUT2D eigenvalue weighted by molar-refractivity contribution is -0.139. The van der Waals surface area contributed by atoms with Gasteiger partial charge in [0.1, 0.15) is 6.04 Å². The molecule has 0 heterocycles. The third-order valence-electron chi connectivity index (χ3n) is 2.81. The van der Waals surface area contributed by atoms with Crippen molar-refractivity contribution in [2.24, 2.45) is 5.92 Å². The number of hydrogen-bond acceptors (Lipinski definition) is 3. The predicted molar refractivity (Wildman–Crippen MR) is 77.1 cm³/mol. The molecule has 20 heavy (non-hydrogen) atoms. The van der Waals surface area contributed by atoms with E-state index in [1.807, 2.05) is 19.9 Å². The zero-order valence-corrected chi connectivity index (χ0v) is 13.0. The van der Waals surface area contributed by atoms with E-state index in [0.717, 1.165) is 11.1 Å². The molecule has 0 aliphatic rings. The molecule has 1 atom stereocenters. The maximum Gasteiger partial charge on any atom is 0.321 e. The molecule has 5 nitrogen and oxygen atoms in total. The molecule has 1 rings (SSSR count). The fourth-order valence-electron chi connectivity index (χ4n) is 2.01. The van der Waals surface area contributed by atoms with Gasteiger partial charge in [-0.15, -0.1) is 0 Å². The van der Waals surface area contributed by atoms with Crippen molar-refractivity contribution < 1.29 is 18.3 Å². The standard InChI is InChI=1S/C14H21NO4S/c1-9(2)5-13(14(16)17)15-20(18,19)12-7-10(3)6-11(4)8-12/h6-9,13,15H,5H2,1-4H3,(H,16,17)/t13-/m0/s1. The summed E-state index contributed by atoms with van der Waals surface area (Å²) in [7, 11) is -3.83. The summed E-state index contributed by atoms with van der Waals surface area (Å²) in [6, 6.07) is 3.82. The van der Waals surface area contributed by atoms with Crippen LogP contribution in [0.25, 0.3) is 0 Å². The second-order valence-electron chi connectivity index (χ2n) is 5.47. The highest BCUT2D eigenvalue weighted by atomic mass is 32.2. The van der Waals surface area contributed by atoms with Crippen LogP contribution >= 0.6 is 0 Å². The van der Waals surface area contributed by atoms with Crippen LogP contribution in [-0.2, 0) is 14.8 Å². The van der Waals surface area contributed by atoms with Gasteiger partial charge < -0.3 is 5.11 Å². The van der Waals surface area contributed by atoms with Crippen molar-refractivity contribution in [3.05, 3.63) is 29.3 Å². The van der Waals surface area contributed by atoms with Crippen LogP contribution in [0.15, 0.2) is 23.1 Å². The van der Waals surface area contributed by atoms with Gasteiger partial charge in [-0.1, -0.05) is 19.9 Å². The predicted octanol–water partition coefficient (Wildman–Crippen LogP) is 2.08. The van der Waals surface area contributed by atoms with E-state index in [9.17, 15) is 13.2 Å². The molecule has 1 aromatic rings. The Bertz CT molecular complexity index is 573. The molecule has 0 aliphatic heterocycles. The summed E-state index contributed by atoms with van der Waals surface area (Å²) in [5, 5.41) is 9.11. The van der Waals surface area contributed by atoms with E-state index in [-0.39, 0.29) is 17.2 Å². The Morgan fingerprint density at radius 3 is 2.10 bits per heavy atom. The number of nitrogens with one attached hydrogen (secondary N) is 1. The maximum atomic E-state index is 12.3. The minimum atomic E-state index is -3.83. The van der Waals surface area contributed by atoms with Crippen molar-refractivity contribution in [1.82, 2.24) is 4.72 Å². The van der Waals surface area contributed by atoms with Crippen LogP contribution in [0.4, 0.5) is 0 Å². The molecule has 1 aromatic carbocycles. The number of carboxylic acids is 1. The summed E-state index contributed by atoms with van der Waals surface area (Å²) >= 11 is 0. The van der Waals surface area contributed by atoms with Crippen molar-refractivity contribution in [2.75, 3.05) is 0 Å². The van der Waals surface area contributed by atoms with E-state index in [2.05, 4.69) is 4.72 Å². The number of carbonyl (C=O) groups is 1. The third-order valence-corrected chi connectivity index (χ3v) is 4.26. The molecular weight excluding hydrogens is 278 g/mol. The highest BCUT2D eigenvalue weighted by molar-refractivity contribution is 7.89. The smallest absolute Gasteiger partial charge is 0.321 e. The van der Waals surface area contributed by atoms with Crippen molar-refractivity contribution in [2.45, 2.75) is 45.1 Å². The topological polar surface area (TPSA) is 83.5 Å². The highest BCUT2D eigenvalue weighted by Crippen LogP contribution is 2.16. The number of carboxylic acid groups (broad SMARTS) is 1. The molecule has 112 valence electrons. The molecule has 0 saturated carbocycles. The van der Waals surface area contributed by atoms with Gasteiger partial charge in [0.05, 0.1) is 4.90 Å². The van der Waals surface area contributed by atoms with Crippen LogP contribution in [0.3, 0.4) is 0 Å². The number of benzene rings is 1. The summed E-state index contributed by atoms with van der Waals surface area (Å²) in [4.78, 5) is 11.3. The Hall–Kier alpha value is -1.40. The molecule has 6 heteroatoms. The fourth-order valence-corrected chi connectivity index (χ4v) is 3.40. The van der Waals surface area contributed by atoms with Gasteiger partial charge in [0.15, 0.2) is 0 Å². The first-order chi connectivity index (χ1) is 9.11. The van der Waals surface area contributed by atoms with E-state index in [0.29, 0.717) is 0 Å². The van der Waals surface area contributed by atoms with Crippen LogP contribution in [0, 0.1) is 19.8 Å². The molecule has 2 N–H and O–H groups in total. The highest BCUT2D eigenvalue weighted by Gasteiger charge is 2.26. The lowest BCUT2D eigenvalue weighted by Gasteiger charge is -2.17. The molecule has 0 saturated heterocycles. The first-order valence-electron chi connectivity index (χ1n) is 6.45. The van der Waals surface area contributed by atoms with Crippen LogP contribution in [-0.4, -0.2) is 25.5 Å². The summed E-state index contributed by atoms with van der Waals surface area (Å²) in [6.07, 6.45) is 0.249. The minimum absolute atomic E-state index is 0.0815. The maximum absolute atomic E-state index is 12.3. The summed E-state index contributed by atoms with van der Waals surface area (Å²) < 4.78 is 26.8. The molecule has 0 radical (unpaired) electrons. The fraction of sp³-hybridized carbons (Fsp3) is 0.500. The van der Waals surface area contributed by atoms with Crippen LogP contribution in [0.2, 0.25) is 0 Å². The van der Waals surface area contributed by atoms with Gasteiger partial charge in [0.2, 0.25) is 10.0 Å². The summed E-state index contributed by atoms with van der Waals surface area (Å²) in [5.41, 5.74) is 1.64. The SMILES string of the molecule is Cc1cc(C)cc(S(=O)(=O)N[C@@H](CC(C)C)C(=O)O)c1. The van der Waals surface area contributed by atoms with Crippen molar-refractivity contribution in [3.63, 3.8) is 0 Å². The average Bonchev–Trinajstić information content (AvgIpc) is 2.25. The van der Waals surface area contributed by atoms with E-state index >= 15 is 0 Å². The summed E-state index contributed by atoms with van der Waals surface area (Å²) in [6.45, 7) is 7.30. The molecule has 0 aliphatic carbocycles. The zero-order valence-electron chi connectivity index (χ0n) is 12.2. The van der Waals surface area contributed by atoms with E-state index < -0.39 is 22.0 Å². The average molecular weight is 299 g/mol. The number of aryl methyl sites for hydroxylation is 2. The van der Waals surface area contributed by atoms with Crippen LogP contribution in [0.1, 0.15) is 31.4 Å². The number of sulfonamides is 1. The largest absolute Gasteiger partial charge is 0.480 e. The van der Waals surface area contributed by atoms with E-state index in [1.165, 1.54) is 12.1 Å². The van der Waals surface area contributed by atoms with Gasteiger partial charge in [-0.3, -0.25) is 4.79 Å². The van der Waals surface area contributed by atoms with Crippen LogP contribution in [0.5, 0.6) is 0 Å². The molecule has 0 aromatic heterocycles. The van der Waals surface area contributed by atoms with Gasteiger partial charge in [0.25, 0.3) is 0 Å². The Labute approximate surface area is 120 Å². The van der Waals surface area contributed by atoms with Gasteiger partial charge >= 0.3 is 5.97 Å². The lowest BCUT2D eigenvalue weighted by Crippen LogP contribution is -2.41. The van der Waals surface area contributed by atoms with Crippen molar-refractivity contribution >= 4 is 16.0 Å². The minimum Gasteiger partial charge on any atom is -0.480 e. The molecule has 0 fully saturated rings. The van der Waals surface area contributed by atoms with Gasteiger partial charge in [-0.2, -0.15) is 4.72 Å². The van der Waals surface area contributed by atoms with Gasteiger partial charge in [-0.05, 0) is 49.4 Å². The molecule has 0 amide bonds. The summed E-state index contributed by atoms with van der Waals surface area (Å²) in [5.74, 6) is -1.08. The van der Waals surface area contributed by atoms with Gasteiger partial charge in [-0.25, -0.2) is 8.42 Å². The first kappa shape index (κ1) is 16.7. The third kappa shape index (κ3) is 4.61.